The number of hydrogen-bond acceptors (Lipinski definition) is 3. The summed E-state index contributed by atoms with van der Waals surface area (Å²) in [4.78, 5) is 4.42. The lowest BCUT2D eigenvalue weighted by atomic mass is 9.59. The van der Waals surface area contributed by atoms with Crippen LogP contribution < -0.4 is 11.3 Å². The maximum absolute atomic E-state index is 5.90. The molecule has 1 unspecified atom stereocenters. The Labute approximate surface area is 120 Å². The maximum atomic E-state index is 5.90. The molecule has 0 bridgehead atoms. The fourth-order valence-electron chi connectivity index (χ4n) is 3.30. The van der Waals surface area contributed by atoms with E-state index in [0.29, 0.717) is 0 Å². The number of nitrogens with one attached hydrogen (secondary N) is 1. The van der Waals surface area contributed by atoms with Crippen molar-refractivity contribution in [2.24, 2.45) is 5.84 Å². The first-order valence-corrected chi connectivity index (χ1v) is 7.20. The molecule has 1 heterocycles. The van der Waals surface area contributed by atoms with Gasteiger partial charge in [0.1, 0.15) is 0 Å². The van der Waals surface area contributed by atoms with Crippen LogP contribution in [0.15, 0.2) is 48.7 Å². The van der Waals surface area contributed by atoms with E-state index in [4.69, 9.17) is 5.84 Å². The zero-order valence-corrected chi connectivity index (χ0v) is 11.8. The maximum Gasteiger partial charge on any atom is 0.0571 e. The van der Waals surface area contributed by atoms with Crippen molar-refractivity contribution in [3.05, 3.63) is 65.5 Å². The van der Waals surface area contributed by atoms with Gasteiger partial charge in [0.05, 0.1) is 6.04 Å². The molecule has 0 amide bonds. The van der Waals surface area contributed by atoms with E-state index in [1.807, 2.05) is 13.1 Å². The molecule has 1 fully saturated rings. The number of nitrogens with two attached hydrogens (primary N) is 1. The normalized spacial score (nSPS) is 18.3. The van der Waals surface area contributed by atoms with Crippen molar-refractivity contribution in [2.45, 2.75) is 37.6 Å². The molecule has 0 aliphatic heterocycles. The third-order valence-electron chi connectivity index (χ3n) is 4.58. The predicted octanol–water partition coefficient (Wildman–Crippen LogP) is 3.02. The van der Waals surface area contributed by atoms with E-state index >= 15 is 0 Å². The van der Waals surface area contributed by atoms with Gasteiger partial charge in [-0.1, -0.05) is 42.8 Å². The third kappa shape index (κ3) is 2.13. The Balaban J connectivity index is 2.00. The number of hydrazine groups is 1. The minimum atomic E-state index is 0.104. The molecular formula is C17H21N3. The van der Waals surface area contributed by atoms with Crippen molar-refractivity contribution in [3.63, 3.8) is 0 Å². The molecule has 1 aliphatic carbocycles. The van der Waals surface area contributed by atoms with Crippen LogP contribution in [0.25, 0.3) is 0 Å². The van der Waals surface area contributed by atoms with Gasteiger partial charge >= 0.3 is 0 Å². The highest BCUT2D eigenvalue weighted by molar-refractivity contribution is 5.35. The van der Waals surface area contributed by atoms with Gasteiger partial charge in [-0.15, -0.1) is 0 Å². The fourth-order valence-corrected chi connectivity index (χ4v) is 3.30. The van der Waals surface area contributed by atoms with Crippen molar-refractivity contribution in [3.8, 4) is 0 Å². The first kappa shape index (κ1) is 13.3. The first-order chi connectivity index (χ1) is 9.76. The summed E-state index contributed by atoms with van der Waals surface area (Å²) in [5, 5.41) is 0. The second-order valence-corrected chi connectivity index (χ2v) is 5.71. The standard InChI is InChI=1S/C17H21N3/c1-13-8-9-14(12-19-13)16(20-18)17(10-5-11-17)15-6-3-2-4-7-15/h2-4,6-9,12,16,20H,5,10-11,18H2,1H3. The molecule has 1 aliphatic rings. The number of nitrogens with zero attached hydrogens (tertiary/aromatic N) is 1. The van der Waals surface area contributed by atoms with Crippen LogP contribution in [0.1, 0.15) is 42.1 Å². The molecule has 1 atom stereocenters. The third-order valence-corrected chi connectivity index (χ3v) is 4.58. The Morgan fingerprint density at radius 3 is 2.40 bits per heavy atom. The average Bonchev–Trinajstić information content (AvgIpc) is 2.45. The van der Waals surface area contributed by atoms with E-state index in [1.165, 1.54) is 30.4 Å². The molecule has 1 aromatic heterocycles. The fraction of sp³-hybridized carbons (Fsp3) is 0.353. The summed E-state index contributed by atoms with van der Waals surface area (Å²) < 4.78 is 0. The summed E-state index contributed by atoms with van der Waals surface area (Å²) in [6, 6.07) is 15.0. The molecule has 0 spiro atoms. The number of aryl methyl sites for hydroxylation is 1. The Bertz CT molecular complexity index is 559. The zero-order chi connectivity index (χ0) is 14.0. The highest BCUT2D eigenvalue weighted by Gasteiger charge is 2.45. The van der Waals surface area contributed by atoms with Crippen molar-refractivity contribution in [1.82, 2.24) is 10.4 Å². The van der Waals surface area contributed by atoms with E-state index in [1.54, 1.807) is 0 Å². The van der Waals surface area contributed by atoms with Crippen molar-refractivity contribution in [2.75, 3.05) is 0 Å². The van der Waals surface area contributed by atoms with E-state index in [2.05, 4.69) is 52.9 Å². The van der Waals surface area contributed by atoms with Gasteiger partial charge in [0.15, 0.2) is 0 Å². The molecule has 1 aromatic carbocycles. The minimum absolute atomic E-state index is 0.104. The summed E-state index contributed by atoms with van der Waals surface area (Å²) in [7, 11) is 0. The van der Waals surface area contributed by atoms with Gasteiger partial charge in [-0.3, -0.25) is 16.3 Å². The number of pyridine rings is 1. The van der Waals surface area contributed by atoms with Crippen LogP contribution in [0.2, 0.25) is 0 Å². The molecule has 3 N–H and O–H groups in total. The molecule has 20 heavy (non-hydrogen) atoms. The second kappa shape index (κ2) is 5.35. The van der Waals surface area contributed by atoms with E-state index in [0.717, 1.165) is 5.69 Å². The van der Waals surface area contributed by atoms with Crippen LogP contribution in [0, 0.1) is 6.92 Å². The van der Waals surface area contributed by atoms with Crippen LogP contribution in [-0.4, -0.2) is 4.98 Å². The SMILES string of the molecule is Cc1ccc(C(NN)C2(c3ccccc3)CCC2)cn1. The molecule has 104 valence electrons. The van der Waals surface area contributed by atoms with E-state index in [9.17, 15) is 0 Å². The lowest BCUT2D eigenvalue weighted by molar-refractivity contribution is 0.170. The van der Waals surface area contributed by atoms with Crippen LogP contribution in [0.4, 0.5) is 0 Å². The van der Waals surface area contributed by atoms with E-state index < -0.39 is 0 Å². The highest BCUT2D eigenvalue weighted by atomic mass is 15.2. The second-order valence-electron chi connectivity index (χ2n) is 5.71. The summed E-state index contributed by atoms with van der Waals surface area (Å²) in [5.41, 5.74) is 6.72. The smallest absolute Gasteiger partial charge is 0.0571 e. The van der Waals surface area contributed by atoms with Gasteiger partial charge in [-0.2, -0.15) is 0 Å². The lowest BCUT2D eigenvalue weighted by Crippen LogP contribution is -2.48. The molecule has 3 heteroatoms. The summed E-state index contributed by atoms with van der Waals surface area (Å²) >= 11 is 0. The van der Waals surface area contributed by atoms with E-state index in [-0.39, 0.29) is 11.5 Å². The Hall–Kier alpha value is -1.71. The molecular weight excluding hydrogens is 246 g/mol. The van der Waals surface area contributed by atoms with Gasteiger partial charge in [-0.25, -0.2) is 0 Å². The Morgan fingerprint density at radius 2 is 1.90 bits per heavy atom. The van der Waals surface area contributed by atoms with Gasteiger partial charge in [0.25, 0.3) is 0 Å². The largest absolute Gasteiger partial charge is 0.271 e. The van der Waals surface area contributed by atoms with Crippen LogP contribution in [-0.2, 0) is 5.41 Å². The number of rotatable bonds is 4. The van der Waals surface area contributed by atoms with Gasteiger partial charge in [0.2, 0.25) is 0 Å². The number of aromatic nitrogens is 1. The summed E-state index contributed by atoms with van der Waals surface area (Å²) in [6.07, 6.45) is 5.54. The Morgan fingerprint density at radius 1 is 1.15 bits per heavy atom. The summed E-state index contributed by atoms with van der Waals surface area (Å²) in [5.74, 6) is 5.90. The average molecular weight is 267 g/mol. The molecule has 3 rings (SSSR count). The predicted molar refractivity (Wildman–Crippen MR) is 81.0 cm³/mol. The van der Waals surface area contributed by atoms with Crippen molar-refractivity contribution < 1.29 is 0 Å². The minimum Gasteiger partial charge on any atom is -0.271 e. The first-order valence-electron chi connectivity index (χ1n) is 7.20. The van der Waals surface area contributed by atoms with Crippen molar-refractivity contribution >= 4 is 0 Å². The van der Waals surface area contributed by atoms with Gasteiger partial charge in [-0.05, 0) is 37.0 Å². The molecule has 3 nitrogen and oxygen atoms in total. The molecule has 2 aromatic rings. The summed E-state index contributed by atoms with van der Waals surface area (Å²) in [6.45, 7) is 2.00. The van der Waals surface area contributed by atoms with Crippen LogP contribution in [0.3, 0.4) is 0 Å². The van der Waals surface area contributed by atoms with Gasteiger partial charge < -0.3 is 0 Å². The number of hydrogen-bond donors (Lipinski definition) is 2. The molecule has 0 radical (unpaired) electrons. The topological polar surface area (TPSA) is 50.9 Å². The highest BCUT2D eigenvalue weighted by Crippen LogP contribution is 2.51. The molecule has 1 saturated carbocycles. The number of benzene rings is 1. The van der Waals surface area contributed by atoms with Crippen LogP contribution in [0.5, 0.6) is 0 Å². The van der Waals surface area contributed by atoms with Crippen LogP contribution >= 0.6 is 0 Å². The zero-order valence-electron chi connectivity index (χ0n) is 11.8. The lowest BCUT2D eigenvalue weighted by Gasteiger charge is -2.48. The molecule has 0 saturated heterocycles. The van der Waals surface area contributed by atoms with Crippen molar-refractivity contribution in [1.29, 1.82) is 0 Å². The monoisotopic (exact) mass is 267 g/mol. The Kier molecular flexibility index (Phi) is 3.55. The quantitative estimate of drug-likeness (QED) is 0.661. The van der Waals surface area contributed by atoms with Gasteiger partial charge in [0, 0.05) is 17.3 Å².